The van der Waals surface area contributed by atoms with E-state index in [1.165, 1.54) is 22.2 Å². The molecule has 1 heterocycles. The Hall–Kier alpha value is -1.57. The van der Waals surface area contributed by atoms with Crippen LogP contribution in [-0.4, -0.2) is 13.1 Å². The van der Waals surface area contributed by atoms with E-state index in [0.717, 1.165) is 13.1 Å². The summed E-state index contributed by atoms with van der Waals surface area (Å²) in [6.07, 6.45) is 2.30. The maximum absolute atomic E-state index is 2.48. The summed E-state index contributed by atoms with van der Waals surface area (Å²) in [5, 5.41) is 1.35. The highest BCUT2D eigenvalue weighted by molar-refractivity contribution is 5.91. The first kappa shape index (κ1) is 14.8. The van der Waals surface area contributed by atoms with Crippen LogP contribution in [0.5, 0.6) is 0 Å². The quantitative estimate of drug-likeness (QED) is 0.770. The highest BCUT2D eigenvalue weighted by Crippen LogP contribution is 2.36. The molecule has 0 aliphatic carbocycles. The van der Waals surface area contributed by atoms with E-state index in [1.807, 2.05) is 0 Å². The van der Waals surface area contributed by atoms with Gasteiger partial charge < -0.3 is 4.90 Å². The van der Waals surface area contributed by atoms with E-state index < -0.39 is 0 Å². The second-order valence-electron chi connectivity index (χ2n) is 6.44. The molecule has 0 spiro atoms. The van der Waals surface area contributed by atoms with Crippen molar-refractivity contribution >= 4 is 16.6 Å². The van der Waals surface area contributed by atoms with Gasteiger partial charge in [0.1, 0.15) is 7.05 Å². The van der Waals surface area contributed by atoms with Crippen LogP contribution in [0.1, 0.15) is 40.2 Å². The summed E-state index contributed by atoms with van der Waals surface area (Å²) in [7, 11) is 2.14. The normalized spacial score (nSPS) is 11.9. The molecule has 2 nitrogen and oxygen atoms in total. The number of hydrogen-bond acceptors (Lipinski definition) is 1. The summed E-state index contributed by atoms with van der Waals surface area (Å²) in [5.41, 5.74) is 4.25. The molecular formula is C18H27N2+. The molecule has 2 heteroatoms. The topological polar surface area (TPSA) is 7.12 Å². The first-order chi connectivity index (χ1) is 9.40. The molecule has 20 heavy (non-hydrogen) atoms. The van der Waals surface area contributed by atoms with Gasteiger partial charge in [-0.15, -0.1) is 0 Å². The summed E-state index contributed by atoms with van der Waals surface area (Å²) in [6, 6.07) is 8.71. The average Bonchev–Trinajstić information content (AvgIpc) is 2.41. The van der Waals surface area contributed by atoms with Gasteiger partial charge in [-0.25, -0.2) is 4.57 Å². The number of nitrogens with zero attached hydrogens (tertiary/aromatic N) is 2. The van der Waals surface area contributed by atoms with Gasteiger partial charge in [-0.3, -0.25) is 0 Å². The largest absolute Gasteiger partial charge is 0.371 e. The third-order valence-corrected chi connectivity index (χ3v) is 4.00. The SMILES string of the molecule is CCN(CC)c1c(C(C)(C)C)c[n+](C)c2ccccc12. The number of hydrogen-bond donors (Lipinski definition) is 0. The van der Waals surface area contributed by atoms with E-state index in [9.17, 15) is 0 Å². The Morgan fingerprint density at radius 3 is 2.20 bits per heavy atom. The van der Waals surface area contributed by atoms with Crippen molar-refractivity contribution in [3.05, 3.63) is 36.0 Å². The lowest BCUT2D eigenvalue weighted by atomic mass is 9.85. The van der Waals surface area contributed by atoms with Crippen LogP contribution in [0.15, 0.2) is 30.5 Å². The summed E-state index contributed by atoms with van der Waals surface area (Å²) < 4.78 is 2.25. The lowest BCUT2D eigenvalue weighted by Gasteiger charge is -2.29. The number of anilines is 1. The second-order valence-corrected chi connectivity index (χ2v) is 6.44. The fourth-order valence-corrected chi connectivity index (χ4v) is 2.88. The Labute approximate surface area is 123 Å². The van der Waals surface area contributed by atoms with Crippen LogP contribution in [0, 0.1) is 0 Å². The van der Waals surface area contributed by atoms with Crippen LogP contribution in [0.3, 0.4) is 0 Å². The monoisotopic (exact) mass is 271 g/mol. The zero-order valence-electron chi connectivity index (χ0n) is 13.7. The van der Waals surface area contributed by atoms with Gasteiger partial charge in [0.25, 0.3) is 0 Å². The standard InChI is InChI=1S/C18H27N2/c1-7-20(8-2)17-14-11-9-10-12-16(14)19(6)13-15(17)18(3,4)5/h9-13H,7-8H2,1-6H3/q+1. The number of aromatic nitrogens is 1. The van der Waals surface area contributed by atoms with Crippen molar-refractivity contribution in [3.63, 3.8) is 0 Å². The molecule has 0 atom stereocenters. The Balaban J connectivity index is 2.88. The number of pyridine rings is 1. The fraction of sp³-hybridized carbons (Fsp3) is 0.500. The van der Waals surface area contributed by atoms with Gasteiger partial charge in [0.15, 0.2) is 6.20 Å². The minimum atomic E-state index is 0.139. The Kier molecular flexibility index (Phi) is 4.03. The molecule has 2 aromatic rings. The summed E-state index contributed by atoms with van der Waals surface area (Å²) in [4.78, 5) is 2.48. The smallest absolute Gasteiger partial charge is 0.214 e. The third-order valence-electron chi connectivity index (χ3n) is 4.00. The van der Waals surface area contributed by atoms with Crippen molar-refractivity contribution in [2.45, 2.75) is 40.0 Å². The van der Waals surface area contributed by atoms with E-state index in [4.69, 9.17) is 0 Å². The molecule has 108 valence electrons. The van der Waals surface area contributed by atoms with E-state index in [1.54, 1.807) is 0 Å². The highest BCUT2D eigenvalue weighted by Gasteiger charge is 2.27. The lowest BCUT2D eigenvalue weighted by molar-refractivity contribution is -0.645. The van der Waals surface area contributed by atoms with Crippen molar-refractivity contribution in [1.29, 1.82) is 0 Å². The predicted octanol–water partition coefficient (Wildman–Crippen LogP) is 3.81. The highest BCUT2D eigenvalue weighted by atomic mass is 15.1. The van der Waals surface area contributed by atoms with Crippen molar-refractivity contribution in [2.24, 2.45) is 7.05 Å². The van der Waals surface area contributed by atoms with Crippen LogP contribution < -0.4 is 9.47 Å². The second kappa shape index (κ2) is 5.43. The molecule has 0 fully saturated rings. The van der Waals surface area contributed by atoms with Crippen LogP contribution in [0.4, 0.5) is 5.69 Å². The van der Waals surface area contributed by atoms with E-state index in [-0.39, 0.29) is 5.41 Å². The van der Waals surface area contributed by atoms with Crippen molar-refractivity contribution in [3.8, 4) is 0 Å². The molecule has 0 bridgehead atoms. The zero-order valence-corrected chi connectivity index (χ0v) is 13.7. The van der Waals surface area contributed by atoms with Gasteiger partial charge in [0.05, 0.1) is 11.1 Å². The molecule has 0 saturated carbocycles. The van der Waals surface area contributed by atoms with Crippen LogP contribution in [0.2, 0.25) is 0 Å². The Morgan fingerprint density at radius 2 is 1.65 bits per heavy atom. The molecule has 1 aromatic carbocycles. The number of fused-ring (bicyclic) bond motifs is 1. The summed E-state index contributed by atoms with van der Waals surface area (Å²) >= 11 is 0. The van der Waals surface area contributed by atoms with E-state index in [0.29, 0.717) is 0 Å². The number of para-hydroxylation sites is 1. The molecule has 2 rings (SSSR count). The van der Waals surface area contributed by atoms with Gasteiger partial charge in [-0.2, -0.15) is 0 Å². The van der Waals surface area contributed by atoms with Crippen molar-refractivity contribution in [2.75, 3.05) is 18.0 Å². The maximum atomic E-state index is 2.48. The number of aryl methyl sites for hydroxylation is 1. The lowest BCUT2D eigenvalue weighted by Crippen LogP contribution is -2.35. The molecule has 0 unspecified atom stereocenters. The maximum Gasteiger partial charge on any atom is 0.214 e. The van der Waals surface area contributed by atoms with Gasteiger partial charge in [-0.05, 0) is 25.3 Å². The molecule has 0 saturated heterocycles. The molecule has 0 aliphatic heterocycles. The van der Waals surface area contributed by atoms with Crippen LogP contribution >= 0.6 is 0 Å². The zero-order chi connectivity index (χ0) is 14.9. The predicted molar refractivity (Wildman–Crippen MR) is 87.4 cm³/mol. The van der Waals surface area contributed by atoms with Crippen LogP contribution in [0.25, 0.3) is 10.9 Å². The van der Waals surface area contributed by atoms with Gasteiger partial charge in [0, 0.05) is 24.7 Å². The van der Waals surface area contributed by atoms with Gasteiger partial charge in [-0.1, -0.05) is 32.9 Å². The summed E-state index contributed by atoms with van der Waals surface area (Å²) in [5.74, 6) is 0. The van der Waals surface area contributed by atoms with Crippen LogP contribution in [-0.2, 0) is 12.5 Å². The Bertz CT molecular complexity index is 605. The fourth-order valence-electron chi connectivity index (χ4n) is 2.88. The molecular weight excluding hydrogens is 244 g/mol. The third kappa shape index (κ3) is 2.52. The minimum absolute atomic E-state index is 0.139. The average molecular weight is 271 g/mol. The van der Waals surface area contributed by atoms with Gasteiger partial charge >= 0.3 is 0 Å². The minimum Gasteiger partial charge on any atom is -0.371 e. The van der Waals surface area contributed by atoms with Gasteiger partial charge in [0.2, 0.25) is 5.52 Å². The molecule has 0 N–H and O–H groups in total. The first-order valence-electron chi connectivity index (χ1n) is 7.57. The number of benzene rings is 1. The molecule has 0 aliphatic rings. The molecule has 1 aromatic heterocycles. The van der Waals surface area contributed by atoms with Crippen molar-refractivity contribution in [1.82, 2.24) is 0 Å². The van der Waals surface area contributed by atoms with Crippen molar-refractivity contribution < 1.29 is 4.57 Å². The number of rotatable bonds is 3. The Morgan fingerprint density at radius 1 is 1.05 bits per heavy atom. The molecule has 0 radical (unpaired) electrons. The summed E-state index contributed by atoms with van der Waals surface area (Å²) in [6.45, 7) is 13.4. The first-order valence-corrected chi connectivity index (χ1v) is 7.57. The van der Waals surface area contributed by atoms with E-state index >= 15 is 0 Å². The molecule has 0 amide bonds. The van der Waals surface area contributed by atoms with E-state index in [2.05, 4.69) is 81.6 Å².